The first-order chi connectivity index (χ1) is 7.47. The van der Waals surface area contributed by atoms with Crippen molar-refractivity contribution in [1.29, 1.82) is 0 Å². The molecule has 0 aliphatic rings. The molecule has 2 N–H and O–H groups in total. The lowest BCUT2D eigenvalue weighted by molar-refractivity contribution is 0.0967. The fraction of sp³-hybridized carbons (Fsp3) is 0.364. The lowest BCUT2D eigenvalue weighted by atomic mass is 10.0. The highest BCUT2D eigenvalue weighted by atomic mass is 19.3. The third kappa shape index (κ3) is 2.55. The smallest absolute Gasteiger partial charge is 0.267 e. The summed E-state index contributed by atoms with van der Waals surface area (Å²) in [7, 11) is 1.30. The molecule has 0 aliphatic carbocycles. The monoisotopic (exact) mass is 229 g/mol. The topological polar surface area (TPSA) is 52.3 Å². The zero-order valence-electron chi connectivity index (χ0n) is 9.04. The van der Waals surface area contributed by atoms with Crippen molar-refractivity contribution in [2.45, 2.75) is 19.4 Å². The van der Waals surface area contributed by atoms with Crippen molar-refractivity contribution in [2.24, 2.45) is 5.73 Å². The summed E-state index contributed by atoms with van der Waals surface area (Å²) < 4.78 is 30.1. The van der Waals surface area contributed by atoms with Crippen molar-refractivity contribution in [3.63, 3.8) is 0 Å². The van der Waals surface area contributed by atoms with Gasteiger partial charge in [-0.15, -0.1) is 0 Å². The maximum Gasteiger partial charge on any atom is 0.267 e. The van der Waals surface area contributed by atoms with E-state index in [1.54, 1.807) is 0 Å². The number of alkyl halides is 2. The molecule has 0 heterocycles. The van der Waals surface area contributed by atoms with Crippen LogP contribution in [0.5, 0.6) is 5.75 Å². The van der Waals surface area contributed by atoms with E-state index >= 15 is 0 Å². The molecule has 0 fully saturated rings. The Kier molecular flexibility index (Phi) is 3.95. The number of ether oxygens (including phenoxy) is 1. The Balaban J connectivity index is 3.17. The van der Waals surface area contributed by atoms with Gasteiger partial charge in [0.05, 0.1) is 18.7 Å². The van der Waals surface area contributed by atoms with E-state index in [1.807, 2.05) is 0 Å². The molecule has 3 nitrogen and oxygen atoms in total. The van der Waals surface area contributed by atoms with Gasteiger partial charge in [0, 0.05) is 5.56 Å². The number of Topliss-reactive ketones (excluding diaryl/α,β-unsaturated/α-hetero) is 1. The van der Waals surface area contributed by atoms with Crippen LogP contribution in [0.25, 0.3) is 0 Å². The molecule has 0 spiro atoms. The molecule has 1 atom stereocenters. The highest BCUT2D eigenvalue weighted by molar-refractivity contribution is 6.00. The molecule has 0 saturated carbocycles. The second-order valence-corrected chi connectivity index (χ2v) is 3.41. The van der Waals surface area contributed by atoms with E-state index < -0.39 is 12.5 Å². The summed E-state index contributed by atoms with van der Waals surface area (Å²) in [6.45, 7) is 1.51. The lowest BCUT2D eigenvalue weighted by Crippen LogP contribution is -2.26. The minimum Gasteiger partial charge on any atom is -0.496 e. The van der Waals surface area contributed by atoms with Crippen LogP contribution in [0.3, 0.4) is 0 Å². The fourth-order valence-corrected chi connectivity index (χ4v) is 1.32. The van der Waals surface area contributed by atoms with Gasteiger partial charge >= 0.3 is 0 Å². The molecule has 0 bridgehead atoms. The average molecular weight is 229 g/mol. The van der Waals surface area contributed by atoms with Crippen LogP contribution in [0.1, 0.15) is 29.3 Å². The number of hydrogen-bond acceptors (Lipinski definition) is 3. The quantitative estimate of drug-likeness (QED) is 0.805. The number of methoxy groups -OCH3 is 1. The van der Waals surface area contributed by atoms with E-state index in [1.165, 1.54) is 26.2 Å². The molecule has 0 aliphatic heterocycles. The van der Waals surface area contributed by atoms with Crippen LogP contribution in [0.15, 0.2) is 18.2 Å². The van der Waals surface area contributed by atoms with Gasteiger partial charge in [-0.2, -0.15) is 0 Å². The number of halogens is 2. The van der Waals surface area contributed by atoms with E-state index in [9.17, 15) is 13.6 Å². The van der Waals surface area contributed by atoms with Crippen molar-refractivity contribution >= 4 is 5.78 Å². The van der Waals surface area contributed by atoms with Crippen LogP contribution in [0.4, 0.5) is 8.78 Å². The highest BCUT2D eigenvalue weighted by Gasteiger charge is 2.18. The Bertz CT molecular complexity index is 392. The summed E-state index contributed by atoms with van der Waals surface area (Å²) in [6, 6.07) is 3.18. The van der Waals surface area contributed by atoms with Gasteiger partial charge in [0.15, 0.2) is 5.78 Å². The number of hydrogen-bond donors (Lipinski definition) is 1. The number of benzene rings is 1. The number of carbonyl (C=O) groups excluding carboxylic acids is 1. The molecule has 0 amide bonds. The number of rotatable bonds is 4. The van der Waals surface area contributed by atoms with E-state index in [-0.39, 0.29) is 22.7 Å². The van der Waals surface area contributed by atoms with Crippen LogP contribution in [0.2, 0.25) is 0 Å². The second kappa shape index (κ2) is 5.03. The first kappa shape index (κ1) is 12.6. The summed E-state index contributed by atoms with van der Waals surface area (Å²) in [6.07, 6.45) is -2.68. The van der Waals surface area contributed by atoms with Gasteiger partial charge in [-0.1, -0.05) is 0 Å². The molecule has 1 aromatic carbocycles. The number of carbonyl (C=O) groups is 1. The normalized spacial score (nSPS) is 12.6. The van der Waals surface area contributed by atoms with E-state index in [4.69, 9.17) is 10.5 Å². The molecular weight excluding hydrogens is 216 g/mol. The molecular formula is C11H13F2NO2. The fourth-order valence-electron chi connectivity index (χ4n) is 1.32. The Morgan fingerprint density at radius 3 is 2.50 bits per heavy atom. The molecule has 0 radical (unpaired) electrons. The Hall–Kier alpha value is -1.49. The van der Waals surface area contributed by atoms with Gasteiger partial charge in [-0.05, 0) is 25.1 Å². The molecule has 5 heteroatoms. The van der Waals surface area contributed by atoms with E-state index in [0.717, 1.165) is 6.07 Å². The maximum absolute atomic E-state index is 12.6. The molecule has 1 unspecified atom stereocenters. The number of nitrogens with two attached hydrogens (primary N) is 1. The Morgan fingerprint density at radius 2 is 2.06 bits per heavy atom. The van der Waals surface area contributed by atoms with Crippen molar-refractivity contribution in [3.8, 4) is 5.75 Å². The molecule has 0 aromatic heterocycles. The summed E-state index contributed by atoms with van der Waals surface area (Å²) in [4.78, 5) is 11.5. The molecule has 1 aromatic rings. The minimum absolute atomic E-state index is 0.0659. The SMILES string of the molecule is COc1ccc(C(=O)C(C)N)cc1C(F)F. The Labute approximate surface area is 92.2 Å². The predicted octanol–water partition coefficient (Wildman–Crippen LogP) is 2.16. The lowest BCUT2D eigenvalue weighted by Gasteiger charge is -2.10. The Morgan fingerprint density at radius 1 is 1.44 bits per heavy atom. The third-order valence-electron chi connectivity index (χ3n) is 2.16. The van der Waals surface area contributed by atoms with Crippen LogP contribution >= 0.6 is 0 Å². The second-order valence-electron chi connectivity index (χ2n) is 3.41. The van der Waals surface area contributed by atoms with Crippen LogP contribution in [0, 0.1) is 0 Å². The summed E-state index contributed by atoms with van der Waals surface area (Å²) in [5.74, 6) is -0.305. The largest absolute Gasteiger partial charge is 0.496 e. The predicted molar refractivity (Wildman–Crippen MR) is 55.9 cm³/mol. The standard InChI is InChI=1S/C11H13F2NO2/c1-6(14)10(15)7-3-4-9(16-2)8(5-7)11(12)13/h3-6,11H,14H2,1-2H3. The van der Waals surface area contributed by atoms with E-state index in [2.05, 4.69) is 0 Å². The highest BCUT2D eigenvalue weighted by Crippen LogP contribution is 2.29. The van der Waals surface area contributed by atoms with E-state index in [0.29, 0.717) is 0 Å². The van der Waals surface area contributed by atoms with Gasteiger partial charge in [0.25, 0.3) is 6.43 Å². The van der Waals surface area contributed by atoms with Crippen molar-refractivity contribution < 1.29 is 18.3 Å². The zero-order valence-corrected chi connectivity index (χ0v) is 9.04. The molecule has 0 saturated heterocycles. The average Bonchev–Trinajstić information content (AvgIpc) is 2.26. The maximum atomic E-state index is 12.6. The summed E-state index contributed by atoms with van der Waals surface area (Å²) >= 11 is 0. The first-order valence-electron chi connectivity index (χ1n) is 4.73. The summed E-state index contributed by atoms with van der Waals surface area (Å²) in [5, 5.41) is 0. The van der Waals surface area contributed by atoms with Crippen molar-refractivity contribution in [3.05, 3.63) is 29.3 Å². The van der Waals surface area contributed by atoms with Crippen LogP contribution < -0.4 is 10.5 Å². The van der Waals surface area contributed by atoms with Crippen LogP contribution in [-0.2, 0) is 0 Å². The van der Waals surface area contributed by atoms with Crippen molar-refractivity contribution in [1.82, 2.24) is 0 Å². The zero-order chi connectivity index (χ0) is 12.3. The minimum atomic E-state index is -2.68. The third-order valence-corrected chi connectivity index (χ3v) is 2.16. The van der Waals surface area contributed by atoms with Gasteiger partial charge < -0.3 is 10.5 Å². The van der Waals surface area contributed by atoms with Gasteiger partial charge in [-0.3, -0.25) is 4.79 Å². The van der Waals surface area contributed by atoms with Gasteiger partial charge in [-0.25, -0.2) is 8.78 Å². The van der Waals surface area contributed by atoms with Crippen molar-refractivity contribution in [2.75, 3.05) is 7.11 Å². The van der Waals surface area contributed by atoms with Gasteiger partial charge in [0.2, 0.25) is 0 Å². The molecule has 16 heavy (non-hydrogen) atoms. The number of ketones is 1. The molecule has 88 valence electrons. The van der Waals surface area contributed by atoms with Crippen LogP contribution in [-0.4, -0.2) is 18.9 Å². The van der Waals surface area contributed by atoms with Gasteiger partial charge in [0.1, 0.15) is 5.75 Å². The first-order valence-corrected chi connectivity index (χ1v) is 4.73. The molecule has 1 rings (SSSR count). The summed E-state index contributed by atoms with van der Waals surface area (Å²) in [5.41, 5.74) is 5.27.